The molecule has 5 nitrogen and oxygen atoms in total. The third-order valence-corrected chi connectivity index (χ3v) is 2.97. The summed E-state index contributed by atoms with van der Waals surface area (Å²) in [4.78, 5) is 14.3. The molecule has 0 aliphatic heterocycles. The number of aromatic amines is 1. The molecule has 1 amide bonds. The van der Waals surface area contributed by atoms with Crippen LogP contribution in [0.2, 0.25) is 0 Å². The fourth-order valence-electron chi connectivity index (χ4n) is 1.76. The van der Waals surface area contributed by atoms with E-state index >= 15 is 0 Å². The Morgan fingerprint density at radius 1 is 1.23 bits per heavy atom. The maximum absolute atomic E-state index is 12.8. The number of carbonyl (C=O) groups excluding carboxylic acids is 1. The van der Waals surface area contributed by atoms with E-state index in [1.807, 2.05) is 0 Å². The van der Waals surface area contributed by atoms with Crippen molar-refractivity contribution in [2.45, 2.75) is 19.9 Å². The van der Waals surface area contributed by atoms with Crippen molar-refractivity contribution in [2.24, 2.45) is 0 Å². The zero-order chi connectivity index (χ0) is 15.2. The van der Waals surface area contributed by atoms with Gasteiger partial charge in [0.15, 0.2) is 0 Å². The van der Waals surface area contributed by atoms with Crippen LogP contribution in [0, 0.1) is 5.82 Å². The summed E-state index contributed by atoms with van der Waals surface area (Å²) < 4.78 is 12.8. The Bertz CT molecular complexity index is 634. The molecule has 5 N–H and O–H groups in total. The first kappa shape index (κ1) is 17.7. The van der Waals surface area contributed by atoms with Gasteiger partial charge in [0.25, 0.3) is 0 Å². The molecule has 1 aromatic heterocycles. The highest BCUT2D eigenvalue weighted by atomic mass is 35.5. The zero-order valence-electron chi connectivity index (χ0n) is 12.1. The van der Waals surface area contributed by atoms with E-state index in [1.165, 1.54) is 12.1 Å². The predicted molar refractivity (Wildman–Crippen MR) is 80.1 cm³/mol. The van der Waals surface area contributed by atoms with Crippen molar-refractivity contribution >= 4 is 23.2 Å². The van der Waals surface area contributed by atoms with Crippen molar-refractivity contribution in [3.05, 3.63) is 47.8 Å². The van der Waals surface area contributed by atoms with Crippen molar-refractivity contribution in [3.63, 3.8) is 0 Å². The highest BCUT2D eigenvalue weighted by Gasteiger charge is 2.09. The molecular weight excluding hydrogens is 307 g/mol. The number of amides is 1. The van der Waals surface area contributed by atoms with E-state index in [4.69, 9.17) is 5.73 Å². The molecule has 1 heterocycles. The largest absolute Gasteiger partial charge is 1.00 e. The number of nitrogens with two attached hydrogens (primary N) is 1. The van der Waals surface area contributed by atoms with Gasteiger partial charge in [-0.05, 0) is 23.8 Å². The van der Waals surface area contributed by atoms with Gasteiger partial charge in [-0.25, -0.2) is 9.37 Å². The molecule has 118 valence electrons. The topological polar surface area (TPSA) is 81.3 Å². The number of halogens is 2. The molecule has 0 spiro atoms. The Morgan fingerprint density at radius 3 is 2.50 bits per heavy atom. The van der Waals surface area contributed by atoms with Crippen LogP contribution in [0.1, 0.15) is 18.9 Å². The van der Waals surface area contributed by atoms with Crippen LogP contribution >= 0.6 is 0 Å². The van der Waals surface area contributed by atoms with E-state index in [2.05, 4.69) is 15.6 Å². The molecule has 1 aromatic carbocycles. The van der Waals surface area contributed by atoms with Gasteiger partial charge in [-0.1, -0.05) is 19.1 Å². The number of benzene rings is 1. The second-order valence-electron chi connectivity index (χ2n) is 4.58. The highest BCUT2D eigenvalue weighted by molar-refractivity contribution is 5.92. The van der Waals surface area contributed by atoms with E-state index in [0.29, 0.717) is 30.3 Å². The summed E-state index contributed by atoms with van der Waals surface area (Å²) in [7, 11) is 0. The first-order chi connectivity index (χ1) is 10.1. The van der Waals surface area contributed by atoms with Gasteiger partial charge in [0.1, 0.15) is 11.5 Å². The fourth-order valence-corrected chi connectivity index (χ4v) is 1.76. The van der Waals surface area contributed by atoms with Gasteiger partial charge in [0.05, 0.1) is 6.54 Å². The number of nitrogens with one attached hydrogen (secondary N) is 3. The molecule has 2 aromatic rings. The molecular formula is C15H18ClFN4O. The molecule has 7 heteroatoms. The second kappa shape index (κ2) is 8.19. The SMILES string of the molecule is CCC(=O)Nc1ccc(NCc2ccc(F)cc2)[nH+]c1N.[Cl-]. The van der Waals surface area contributed by atoms with Crippen molar-refractivity contribution in [2.75, 3.05) is 16.4 Å². The van der Waals surface area contributed by atoms with Gasteiger partial charge in [0, 0.05) is 12.5 Å². The van der Waals surface area contributed by atoms with E-state index < -0.39 is 0 Å². The monoisotopic (exact) mass is 324 g/mol. The summed E-state index contributed by atoms with van der Waals surface area (Å²) in [5.74, 6) is 0.736. The molecule has 0 unspecified atom stereocenters. The zero-order valence-corrected chi connectivity index (χ0v) is 12.9. The number of hydrogen-bond donors (Lipinski definition) is 3. The first-order valence-electron chi connectivity index (χ1n) is 6.68. The molecule has 0 atom stereocenters. The predicted octanol–water partition coefficient (Wildman–Crippen LogP) is -0.813. The van der Waals surface area contributed by atoms with Gasteiger partial charge in [-0.15, -0.1) is 0 Å². The summed E-state index contributed by atoms with van der Waals surface area (Å²) >= 11 is 0. The van der Waals surface area contributed by atoms with Crippen LogP contribution < -0.4 is 33.8 Å². The Labute approximate surface area is 134 Å². The van der Waals surface area contributed by atoms with Gasteiger partial charge < -0.3 is 28.8 Å². The smallest absolute Gasteiger partial charge is 0.241 e. The molecule has 0 fully saturated rings. The minimum absolute atomic E-state index is 0. The normalized spacial score (nSPS) is 9.73. The van der Waals surface area contributed by atoms with Crippen molar-refractivity contribution < 1.29 is 26.6 Å². The van der Waals surface area contributed by atoms with E-state index in [9.17, 15) is 9.18 Å². The van der Waals surface area contributed by atoms with Crippen LogP contribution in [0.4, 0.5) is 21.7 Å². The van der Waals surface area contributed by atoms with E-state index in [1.54, 1.807) is 31.2 Å². The van der Waals surface area contributed by atoms with Crippen LogP contribution in [-0.2, 0) is 11.3 Å². The molecule has 0 bridgehead atoms. The number of aromatic nitrogens is 1. The second-order valence-corrected chi connectivity index (χ2v) is 4.58. The summed E-state index contributed by atoms with van der Waals surface area (Å²) in [6.07, 6.45) is 0.393. The molecule has 2 rings (SSSR count). The number of nitrogen functional groups attached to an aromatic ring is 1. The number of carbonyl (C=O) groups is 1. The van der Waals surface area contributed by atoms with Crippen LogP contribution in [0.5, 0.6) is 0 Å². The number of pyridine rings is 1. The highest BCUT2D eigenvalue weighted by Crippen LogP contribution is 2.15. The molecule has 0 aliphatic carbocycles. The molecule has 0 radical (unpaired) electrons. The molecule has 0 saturated heterocycles. The van der Waals surface area contributed by atoms with Gasteiger partial charge in [-0.2, -0.15) is 0 Å². The summed E-state index contributed by atoms with van der Waals surface area (Å²) in [6, 6.07) is 9.76. The summed E-state index contributed by atoms with van der Waals surface area (Å²) in [5.41, 5.74) is 7.35. The lowest BCUT2D eigenvalue weighted by molar-refractivity contribution is -0.342. The first-order valence-corrected chi connectivity index (χ1v) is 6.68. The van der Waals surface area contributed by atoms with Crippen LogP contribution in [0.15, 0.2) is 36.4 Å². The van der Waals surface area contributed by atoms with Gasteiger partial charge in [-0.3, -0.25) is 4.79 Å². The Balaban J connectivity index is 0.00000242. The summed E-state index contributed by atoms with van der Waals surface area (Å²) in [5, 5.41) is 5.85. The van der Waals surface area contributed by atoms with Crippen molar-refractivity contribution in [1.82, 2.24) is 0 Å². The number of rotatable bonds is 5. The number of anilines is 3. The lowest BCUT2D eigenvalue weighted by Gasteiger charge is -2.06. The Hall–Kier alpha value is -2.34. The maximum Gasteiger partial charge on any atom is 0.241 e. The Morgan fingerprint density at radius 2 is 1.91 bits per heavy atom. The van der Waals surface area contributed by atoms with Gasteiger partial charge in [0.2, 0.25) is 17.5 Å². The quantitative estimate of drug-likeness (QED) is 0.672. The minimum Gasteiger partial charge on any atom is -1.00 e. The van der Waals surface area contributed by atoms with Crippen molar-refractivity contribution in [1.29, 1.82) is 0 Å². The standard InChI is InChI=1S/C15H17FN4O.ClH/c1-2-14(21)19-12-7-8-13(20-15(12)17)18-9-10-3-5-11(16)6-4-10;/h3-8H,2,9H2,1H3,(H,19,21)(H3,17,18,20);1H. The van der Waals surface area contributed by atoms with Crippen LogP contribution in [-0.4, -0.2) is 5.91 Å². The Kier molecular flexibility index (Phi) is 6.59. The van der Waals surface area contributed by atoms with Crippen LogP contribution in [0.3, 0.4) is 0 Å². The minimum atomic E-state index is -0.259. The average molecular weight is 325 g/mol. The lowest BCUT2D eigenvalue weighted by Crippen LogP contribution is -3.00. The fraction of sp³-hybridized carbons (Fsp3) is 0.200. The summed E-state index contributed by atoms with van der Waals surface area (Å²) in [6.45, 7) is 2.31. The third kappa shape index (κ3) is 4.89. The molecule has 22 heavy (non-hydrogen) atoms. The molecule has 0 saturated carbocycles. The lowest BCUT2D eigenvalue weighted by atomic mass is 10.2. The van der Waals surface area contributed by atoms with Gasteiger partial charge >= 0.3 is 0 Å². The van der Waals surface area contributed by atoms with E-state index in [-0.39, 0.29) is 24.1 Å². The van der Waals surface area contributed by atoms with Crippen LogP contribution in [0.25, 0.3) is 0 Å². The number of H-pyrrole nitrogens is 1. The maximum atomic E-state index is 12.8. The van der Waals surface area contributed by atoms with Crippen molar-refractivity contribution in [3.8, 4) is 0 Å². The average Bonchev–Trinajstić information content (AvgIpc) is 2.49. The molecule has 0 aliphatic rings. The van der Waals surface area contributed by atoms with E-state index in [0.717, 1.165) is 5.56 Å². The number of hydrogen-bond acceptors (Lipinski definition) is 3. The third-order valence-electron chi connectivity index (χ3n) is 2.97.